The molecule has 0 unspecified atom stereocenters. The van der Waals surface area contributed by atoms with Gasteiger partial charge in [-0.05, 0) is 13.0 Å². The van der Waals surface area contributed by atoms with Gasteiger partial charge in [0.05, 0.1) is 0 Å². The van der Waals surface area contributed by atoms with Gasteiger partial charge in [0.1, 0.15) is 5.82 Å². The molecule has 0 radical (unpaired) electrons. The number of hydrogen-bond acceptors (Lipinski definition) is 3. The van der Waals surface area contributed by atoms with E-state index in [2.05, 4.69) is 4.98 Å². The second kappa shape index (κ2) is 3.38. The van der Waals surface area contributed by atoms with Gasteiger partial charge in [0.15, 0.2) is 0 Å². The van der Waals surface area contributed by atoms with Gasteiger partial charge in [0.2, 0.25) is 0 Å². The molecule has 0 aliphatic carbocycles. The summed E-state index contributed by atoms with van der Waals surface area (Å²) in [5.41, 5.74) is -0.191. The summed E-state index contributed by atoms with van der Waals surface area (Å²) in [7, 11) is 3.72. The highest BCUT2D eigenvalue weighted by Crippen LogP contribution is 2.00. The predicted molar refractivity (Wildman–Crippen MR) is 48.5 cm³/mol. The number of aryl methyl sites for hydroxylation is 1. The van der Waals surface area contributed by atoms with Crippen LogP contribution in [0.3, 0.4) is 0 Å². The summed E-state index contributed by atoms with van der Waals surface area (Å²) in [5.74, 6) is 0.699. The molecule has 1 rings (SSSR count). The molecule has 0 bridgehead atoms. The van der Waals surface area contributed by atoms with Gasteiger partial charge < -0.3 is 4.90 Å². The largest absolute Gasteiger partial charge is 0.363 e. The molecule has 12 heavy (non-hydrogen) atoms. The quantitative estimate of drug-likeness (QED) is 0.637. The third-order valence-electron chi connectivity index (χ3n) is 1.66. The molecule has 0 aliphatic heterocycles. The molecule has 4 nitrogen and oxygen atoms in total. The van der Waals surface area contributed by atoms with Gasteiger partial charge in [-0.3, -0.25) is 4.57 Å². The van der Waals surface area contributed by atoms with Crippen molar-refractivity contribution < 1.29 is 0 Å². The summed E-state index contributed by atoms with van der Waals surface area (Å²) >= 11 is 0. The number of aromatic nitrogens is 2. The maximum Gasteiger partial charge on any atom is 0.349 e. The topological polar surface area (TPSA) is 38.1 Å². The zero-order chi connectivity index (χ0) is 9.14. The highest BCUT2D eigenvalue weighted by molar-refractivity contribution is 5.33. The minimum atomic E-state index is -0.191. The van der Waals surface area contributed by atoms with Crippen molar-refractivity contribution in [1.29, 1.82) is 0 Å². The van der Waals surface area contributed by atoms with Crippen LogP contribution in [0.15, 0.2) is 17.1 Å². The highest BCUT2D eigenvalue weighted by Gasteiger charge is 1.98. The van der Waals surface area contributed by atoms with Crippen LogP contribution in [0.25, 0.3) is 0 Å². The van der Waals surface area contributed by atoms with E-state index >= 15 is 0 Å². The Morgan fingerprint density at radius 2 is 2.25 bits per heavy atom. The van der Waals surface area contributed by atoms with Crippen molar-refractivity contribution in [2.24, 2.45) is 0 Å². The molecule has 0 N–H and O–H groups in total. The first-order chi connectivity index (χ1) is 5.65. The predicted octanol–water partition coefficient (Wildman–Crippen LogP) is 0.329. The van der Waals surface area contributed by atoms with Crippen molar-refractivity contribution in [3.63, 3.8) is 0 Å². The minimum Gasteiger partial charge on any atom is -0.363 e. The molecule has 0 saturated carbocycles. The van der Waals surface area contributed by atoms with Gasteiger partial charge in [-0.1, -0.05) is 0 Å². The Balaban J connectivity index is 3.11. The van der Waals surface area contributed by atoms with E-state index in [1.165, 1.54) is 0 Å². The third kappa shape index (κ3) is 1.64. The number of rotatable bonds is 2. The van der Waals surface area contributed by atoms with Crippen molar-refractivity contribution in [3.8, 4) is 0 Å². The molecule has 1 aromatic heterocycles. The first-order valence-corrected chi connectivity index (χ1v) is 3.90. The first-order valence-electron chi connectivity index (χ1n) is 3.90. The molecule has 0 amide bonds. The Morgan fingerprint density at radius 1 is 1.58 bits per heavy atom. The van der Waals surface area contributed by atoms with Crippen molar-refractivity contribution in [3.05, 3.63) is 22.7 Å². The summed E-state index contributed by atoms with van der Waals surface area (Å²) in [6.07, 6.45) is 1.75. The maximum absolute atomic E-state index is 11.2. The summed E-state index contributed by atoms with van der Waals surface area (Å²) in [4.78, 5) is 16.9. The van der Waals surface area contributed by atoms with E-state index in [0.717, 1.165) is 0 Å². The lowest BCUT2D eigenvalue weighted by atomic mass is 10.5. The lowest BCUT2D eigenvalue weighted by Crippen LogP contribution is -2.24. The Kier molecular flexibility index (Phi) is 2.47. The van der Waals surface area contributed by atoms with Crippen LogP contribution in [0.2, 0.25) is 0 Å². The van der Waals surface area contributed by atoms with E-state index in [4.69, 9.17) is 0 Å². The van der Waals surface area contributed by atoms with Crippen molar-refractivity contribution in [1.82, 2.24) is 9.55 Å². The Labute approximate surface area is 71.5 Å². The number of nitrogens with zero attached hydrogens (tertiary/aromatic N) is 3. The van der Waals surface area contributed by atoms with Crippen LogP contribution < -0.4 is 10.6 Å². The highest BCUT2D eigenvalue weighted by atomic mass is 16.1. The number of anilines is 1. The fourth-order valence-corrected chi connectivity index (χ4v) is 0.910. The SMILES string of the molecule is CCn1ccc(N(C)C)nc1=O. The lowest BCUT2D eigenvalue weighted by molar-refractivity contribution is 0.697. The molecule has 0 atom stereocenters. The normalized spacial score (nSPS) is 9.92. The fourth-order valence-electron chi connectivity index (χ4n) is 0.910. The van der Waals surface area contributed by atoms with Crippen LogP contribution in [0.4, 0.5) is 5.82 Å². The van der Waals surface area contributed by atoms with Crippen LogP contribution in [-0.2, 0) is 6.54 Å². The van der Waals surface area contributed by atoms with E-state index < -0.39 is 0 Å². The molecule has 0 spiro atoms. The van der Waals surface area contributed by atoms with Crippen molar-refractivity contribution in [2.45, 2.75) is 13.5 Å². The Morgan fingerprint density at radius 3 is 2.67 bits per heavy atom. The number of hydrogen-bond donors (Lipinski definition) is 0. The second-order valence-electron chi connectivity index (χ2n) is 2.75. The standard InChI is InChI=1S/C8H13N3O/c1-4-11-6-5-7(10(2)3)9-8(11)12/h5-6H,4H2,1-3H3. The van der Waals surface area contributed by atoms with E-state index in [0.29, 0.717) is 12.4 Å². The van der Waals surface area contributed by atoms with Gasteiger partial charge >= 0.3 is 5.69 Å². The maximum atomic E-state index is 11.2. The van der Waals surface area contributed by atoms with Crippen molar-refractivity contribution in [2.75, 3.05) is 19.0 Å². The summed E-state index contributed by atoms with van der Waals surface area (Å²) in [5, 5.41) is 0. The monoisotopic (exact) mass is 167 g/mol. The van der Waals surface area contributed by atoms with Crippen LogP contribution in [0, 0.1) is 0 Å². The molecule has 0 saturated heterocycles. The van der Waals surface area contributed by atoms with E-state index in [-0.39, 0.29) is 5.69 Å². The van der Waals surface area contributed by atoms with Crippen LogP contribution in [0.1, 0.15) is 6.92 Å². The Hall–Kier alpha value is -1.32. The minimum absolute atomic E-state index is 0.191. The van der Waals surface area contributed by atoms with Gasteiger partial charge in [0, 0.05) is 26.8 Å². The molecule has 66 valence electrons. The molecule has 1 aromatic rings. The summed E-state index contributed by atoms with van der Waals surface area (Å²) in [6.45, 7) is 2.58. The average Bonchev–Trinajstić information content (AvgIpc) is 2.04. The zero-order valence-electron chi connectivity index (χ0n) is 7.61. The van der Waals surface area contributed by atoms with Crippen LogP contribution in [-0.4, -0.2) is 23.6 Å². The van der Waals surface area contributed by atoms with Gasteiger partial charge in [-0.2, -0.15) is 4.98 Å². The van der Waals surface area contributed by atoms with Gasteiger partial charge in [-0.25, -0.2) is 4.79 Å². The summed E-state index contributed by atoms with van der Waals surface area (Å²) < 4.78 is 1.56. The zero-order valence-corrected chi connectivity index (χ0v) is 7.61. The Bertz CT molecular complexity index is 316. The van der Waals surface area contributed by atoms with Gasteiger partial charge in [0.25, 0.3) is 0 Å². The van der Waals surface area contributed by atoms with Crippen LogP contribution >= 0.6 is 0 Å². The fraction of sp³-hybridized carbons (Fsp3) is 0.500. The lowest BCUT2D eigenvalue weighted by Gasteiger charge is -2.10. The van der Waals surface area contributed by atoms with E-state index in [9.17, 15) is 4.79 Å². The third-order valence-corrected chi connectivity index (χ3v) is 1.66. The molecule has 4 heteroatoms. The summed E-state index contributed by atoms with van der Waals surface area (Å²) in [6, 6.07) is 1.82. The molecular formula is C8H13N3O. The van der Waals surface area contributed by atoms with E-state index in [1.807, 2.05) is 27.1 Å². The molecule has 0 aliphatic rings. The van der Waals surface area contributed by atoms with Crippen LogP contribution in [0.5, 0.6) is 0 Å². The van der Waals surface area contributed by atoms with E-state index in [1.54, 1.807) is 15.7 Å². The molecule has 0 aromatic carbocycles. The molecule has 0 fully saturated rings. The molecule has 1 heterocycles. The molecular weight excluding hydrogens is 154 g/mol. The smallest absolute Gasteiger partial charge is 0.349 e. The van der Waals surface area contributed by atoms with Crippen molar-refractivity contribution >= 4 is 5.82 Å². The second-order valence-corrected chi connectivity index (χ2v) is 2.75. The van der Waals surface area contributed by atoms with Gasteiger partial charge in [-0.15, -0.1) is 0 Å². The average molecular weight is 167 g/mol. The first kappa shape index (κ1) is 8.77.